The van der Waals surface area contributed by atoms with Crippen molar-refractivity contribution >= 4 is 5.91 Å². The molecule has 1 amide bonds. The van der Waals surface area contributed by atoms with E-state index in [4.69, 9.17) is 18.9 Å². The molecule has 7 nitrogen and oxygen atoms in total. The number of methoxy groups -OCH3 is 3. The van der Waals surface area contributed by atoms with Crippen molar-refractivity contribution in [1.82, 2.24) is 9.80 Å². The van der Waals surface area contributed by atoms with Crippen LogP contribution in [0.2, 0.25) is 0 Å². The van der Waals surface area contributed by atoms with Crippen LogP contribution in [0.5, 0.6) is 11.5 Å². The number of nitrogens with zero attached hydrogens (tertiary/aromatic N) is 2. The van der Waals surface area contributed by atoms with Crippen LogP contribution in [0.1, 0.15) is 43.5 Å². The lowest BCUT2D eigenvalue weighted by Gasteiger charge is -2.38. The zero-order valence-corrected chi connectivity index (χ0v) is 19.7. The fourth-order valence-electron chi connectivity index (χ4n) is 4.69. The summed E-state index contributed by atoms with van der Waals surface area (Å²) in [6, 6.07) is 5.81. The number of hydrogen-bond acceptors (Lipinski definition) is 6. The van der Waals surface area contributed by atoms with Gasteiger partial charge in [-0.1, -0.05) is 0 Å². The largest absolute Gasteiger partial charge is 0.497 e. The molecule has 3 rings (SSSR count). The van der Waals surface area contributed by atoms with Crippen molar-refractivity contribution in [2.75, 3.05) is 60.7 Å². The lowest BCUT2D eigenvalue weighted by atomic mass is 9.76. The number of piperidine rings is 1. The van der Waals surface area contributed by atoms with Gasteiger partial charge in [0.25, 0.3) is 5.91 Å². The molecular formula is C24H38N2O5. The van der Waals surface area contributed by atoms with E-state index in [1.54, 1.807) is 39.5 Å². The summed E-state index contributed by atoms with van der Waals surface area (Å²) in [7, 11) is 4.94. The first-order valence-electron chi connectivity index (χ1n) is 11.3. The predicted octanol–water partition coefficient (Wildman–Crippen LogP) is 3.07. The molecule has 31 heavy (non-hydrogen) atoms. The molecule has 0 bridgehead atoms. The van der Waals surface area contributed by atoms with Gasteiger partial charge in [0.1, 0.15) is 11.5 Å². The van der Waals surface area contributed by atoms with E-state index < -0.39 is 0 Å². The van der Waals surface area contributed by atoms with Gasteiger partial charge in [-0.2, -0.15) is 0 Å². The van der Waals surface area contributed by atoms with E-state index in [0.717, 1.165) is 58.7 Å². The minimum atomic E-state index is 0.0352. The summed E-state index contributed by atoms with van der Waals surface area (Å²) in [4.78, 5) is 17.5. The van der Waals surface area contributed by atoms with E-state index in [9.17, 15) is 4.79 Å². The van der Waals surface area contributed by atoms with Gasteiger partial charge in [-0.25, -0.2) is 0 Å². The Morgan fingerprint density at radius 1 is 1.16 bits per heavy atom. The van der Waals surface area contributed by atoms with E-state index in [1.165, 1.54) is 0 Å². The molecule has 174 valence electrons. The summed E-state index contributed by atoms with van der Waals surface area (Å²) in [5.41, 5.74) is 0.802. The van der Waals surface area contributed by atoms with E-state index in [-0.39, 0.29) is 17.4 Å². The van der Waals surface area contributed by atoms with Gasteiger partial charge in [0.05, 0.1) is 33.5 Å². The number of rotatable bonds is 9. The molecular weight excluding hydrogens is 396 g/mol. The van der Waals surface area contributed by atoms with Crippen LogP contribution in [-0.2, 0) is 9.47 Å². The molecule has 2 aliphatic rings. The fourth-order valence-corrected chi connectivity index (χ4v) is 4.69. The second-order valence-corrected chi connectivity index (χ2v) is 9.11. The van der Waals surface area contributed by atoms with Crippen molar-refractivity contribution in [3.05, 3.63) is 23.8 Å². The first kappa shape index (κ1) is 23.8. The van der Waals surface area contributed by atoms with Crippen LogP contribution < -0.4 is 9.47 Å². The molecule has 0 aliphatic carbocycles. The van der Waals surface area contributed by atoms with Crippen LogP contribution in [0, 0.1) is 5.41 Å². The first-order chi connectivity index (χ1) is 14.9. The van der Waals surface area contributed by atoms with Crippen molar-refractivity contribution < 1.29 is 23.7 Å². The molecule has 0 saturated carbocycles. The van der Waals surface area contributed by atoms with Crippen LogP contribution in [0.4, 0.5) is 0 Å². The molecule has 2 heterocycles. The Balaban J connectivity index is 1.56. The van der Waals surface area contributed by atoms with Gasteiger partial charge in [-0.15, -0.1) is 0 Å². The minimum Gasteiger partial charge on any atom is -0.497 e. The highest BCUT2D eigenvalue weighted by atomic mass is 16.5. The third-order valence-electron chi connectivity index (χ3n) is 6.75. The summed E-state index contributed by atoms with van der Waals surface area (Å²) in [6.45, 7) is 9.35. The first-order valence-corrected chi connectivity index (χ1v) is 11.3. The average Bonchev–Trinajstić information content (AvgIpc) is 3.17. The smallest absolute Gasteiger partial charge is 0.254 e. The lowest BCUT2D eigenvalue weighted by molar-refractivity contribution is 0.0366. The van der Waals surface area contributed by atoms with Gasteiger partial charge >= 0.3 is 0 Å². The molecule has 1 aromatic rings. The number of ether oxygens (including phenoxy) is 4. The molecule has 7 heteroatoms. The third kappa shape index (κ3) is 5.90. The molecule has 1 spiro atoms. The molecule has 0 unspecified atom stereocenters. The number of hydrogen-bond donors (Lipinski definition) is 0. The lowest BCUT2D eigenvalue weighted by Crippen LogP contribution is -2.44. The zero-order chi connectivity index (χ0) is 22.4. The van der Waals surface area contributed by atoms with Crippen LogP contribution >= 0.6 is 0 Å². The number of likely N-dealkylation sites (tertiary alicyclic amines) is 1. The number of amides is 1. The standard InChI is InChI=1S/C24H38N2O5/c1-18(2)26(10-11-28-3)16-22-15-24(17-31-22)6-8-25(9-7-24)23(27)19-12-20(29-4)14-21(13-19)30-5/h12-14,18,22H,6-11,15-17H2,1-5H3/t22-/m0/s1. The second-order valence-electron chi connectivity index (χ2n) is 9.11. The Bertz CT molecular complexity index is 708. The predicted molar refractivity (Wildman–Crippen MR) is 120 cm³/mol. The van der Waals surface area contributed by atoms with Crippen molar-refractivity contribution in [3.63, 3.8) is 0 Å². The third-order valence-corrected chi connectivity index (χ3v) is 6.75. The maximum atomic E-state index is 13.1. The Morgan fingerprint density at radius 2 is 1.81 bits per heavy atom. The highest BCUT2D eigenvalue weighted by Crippen LogP contribution is 2.42. The average molecular weight is 435 g/mol. The van der Waals surface area contributed by atoms with Crippen LogP contribution in [0.25, 0.3) is 0 Å². The summed E-state index contributed by atoms with van der Waals surface area (Å²) in [5, 5.41) is 0. The fraction of sp³-hybridized carbons (Fsp3) is 0.708. The molecule has 1 atom stereocenters. The quantitative estimate of drug-likeness (QED) is 0.595. The summed E-state index contributed by atoms with van der Waals surface area (Å²) in [5.74, 6) is 1.30. The van der Waals surface area contributed by atoms with Crippen molar-refractivity contribution in [2.24, 2.45) is 5.41 Å². The van der Waals surface area contributed by atoms with Crippen molar-refractivity contribution in [2.45, 2.75) is 45.3 Å². The van der Waals surface area contributed by atoms with E-state index in [2.05, 4.69) is 18.7 Å². The number of carbonyl (C=O) groups is 1. The maximum Gasteiger partial charge on any atom is 0.254 e. The Morgan fingerprint density at radius 3 is 2.35 bits per heavy atom. The van der Waals surface area contributed by atoms with Gasteiger partial charge in [-0.05, 0) is 50.7 Å². The van der Waals surface area contributed by atoms with Gasteiger partial charge in [0.2, 0.25) is 0 Å². The number of carbonyl (C=O) groups excluding carboxylic acids is 1. The Labute approximate surface area is 186 Å². The minimum absolute atomic E-state index is 0.0352. The molecule has 2 aliphatic heterocycles. The summed E-state index contributed by atoms with van der Waals surface area (Å²) in [6.07, 6.45) is 3.29. The van der Waals surface area contributed by atoms with Gasteiger partial charge < -0.3 is 23.8 Å². The van der Waals surface area contributed by atoms with E-state index in [1.807, 2.05) is 4.90 Å². The summed E-state index contributed by atoms with van der Waals surface area (Å²) < 4.78 is 22.1. The molecule has 2 fully saturated rings. The SMILES string of the molecule is COCCN(C[C@@H]1CC2(CCN(C(=O)c3cc(OC)cc(OC)c3)CC2)CO1)C(C)C. The van der Waals surface area contributed by atoms with Crippen LogP contribution in [0.3, 0.4) is 0 Å². The van der Waals surface area contributed by atoms with E-state index in [0.29, 0.717) is 23.1 Å². The van der Waals surface area contributed by atoms with Gasteiger partial charge in [0.15, 0.2) is 0 Å². The van der Waals surface area contributed by atoms with Crippen molar-refractivity contribution in [3.8, 4) is 11.5 Å². The highest BCUT2D eigenvalue weighted by molar-refractivity contribution is 5.95. The molecule has 0 radical (unpaired) electrons. The normalized spacial score (nSPS) is 20.6. The molecule has 0 N–H and O–H groups in total. The maximum absolute atomic E-state index is 13.1. The van der Waals surface area contributed by atoms with Gasteiger partial charge in [0, 0.05) is 51.0 Å². The summed E-state index contributed by atoms with van der Waals surface area (Å²) >= 11 is 0. The van der Waals surface area contributed by atoms with Gasteiger partial charge in [-0.3, -0.25) is 9.69 Å². The molecule has 0 aromatic heterocycles. The topological polar surface area (TPSA) is 60.5 Å². The monoisotopic (exact) mass is 434 g/mol. The van der Waals surface area contributed by atoms with Crippen LogP contribution in [0.15, 0.2) is 18.2 Å². The molecule has 1 aromatic carbocycles. The zero-order valence-electron chi connectivity index (χ0n) is 19.7. The Kier molecular flexibility index (Phi) is 8.19. The van der Waals surface area contributed by atoms with Crippen molar-refractivity contribution in [1.29, 1.82) is 0 Å². The molecule has 2 saturated heterocycles. The van der Waals surface area contributed by atoms with E-state index >= 15 is 0 Å². The second kappa shape index (κ2) is 10.7. The van der Waals surface area contributed by atoms with Crippen LogP contribution in [-0.4, -0.2) is 88.6 Å². The highest BCUT2D eigenvalue weighted by Gasteiger charge is 2.43. The Hall–Kier alpha value is -1.83. The number of benzene rings is 1.